The molecule has 1 aliphatic rings. The van der Waals surface area contributed by atoms with Crippen LogP contribution in [0.15, 0.2) is 48.8 Å². The maximum absolute atomic E-state index is 13.0. The molecule has 0 spiro atoms. The van der Waals surface area contributed by atoms with Crippen molar-refractivity contribution in [2.45, 2.75) is 45.7 Å². The molecule has 0 unspecified atom stereocenters. The Morgan fingerprint density at radius 3 is 2.56 bits per heavy atom. The quantitative estimate of drug-likeness (QED) is 0.415. The van der Waals surface area contributed by atoms with Gasteiger partial charge in [0.25, 0.3) is 0 Å². The van der Waals surface area contributed by atoms with Crippen molar-refractivity contribution in [3.63, 3.8) is 0 Å². The van der Waals surface area contributed by atoms with Gasteiger partial charge in [0, 0.05) is 46.6 Å². The van der Waals surface area contributed by atoms with E-state index in [0.717, 1.165) is 38.0 Å². The summed E-state index contributed by atoms with van der Waals surface area (Å²) in [6.45, 7) is 6.46. The van der Waals surface area contributed by atoms with E-state index in [4.69, 9.17) is 11.6 Å². The van der Waals surface area contributed by atoms with E-state index in [1.165, 1.54) is 21.0 Å². The molecule has 170 valence electrons. The first-order valence-electron chi connectivity index (χ1n) is 11.2. The van der Waals surface area contributed by atoms with Gasteiger partial charge >= 0.3 is 6.03 Å². The number of hydrogen-bond donors (Lipinski definition) is 2. The first kappa shape index (κ1) is 22.9. The van der Waals surface area contributed by atoms with Crippen LogP contribution in [-0.4, -0.2) is 29.1 Å². The lowest BCUT2D eigenvalue weighted by molar-refractivity contribution is 0.247. The summed E-state index contributed by atoms with van der Waals surface area (Å²) >= 11 is 7.84. The van der Waals surface area contributed by atoms with E-state index in [2.05, 4.69) is 65.5 Å². The Labute approximate surface area is 199 Å². The Kier molecular flexibility index (Phi) is 7.23. The highest BCUT2D eigenvalue weighted by Gasteiger charge is 2.29. The topological polar surface area (TPSA) is 49.3 Å². The number of likely N-dealkylation sites (N-methyl/N-ethyl adjacent to an activating group) is 1. The molecule has 3 heterocycles. The molecule has 5 nitrogen and oxygen atoms in total. The lowest BCUT2D eigenvalue weighted by Crippen LogP contribution is -2.34. The van der Waals surface area contributed by atoms with Crippen molar-refractivity contribution in [3.05, 3.63) is 69.8 Å². The molecule has 0 bridgehead atoms. The molecule has 0 saturated heterocycles. The molecule has 0 fully saturated rings. The van der Waals surface area contributed by atoms with Crippen LogP contribution in [0.25, 0.3) is 5.00 Å². The molecule has 1 aromatic carbocycles. The van der Waals surface area contributed by atoms with Crippen LogP contribution in [0.3, 0.4) is 0 Å². The van der Waals surface area contributed by atoms with Gasteiger partial charge in [-0.1, -0.05) is 25.4 Å². The lowest BCUT2D eigenvalue weighted by atomic mass is 9.92. The number of aromatic nitrogens is 1. The number of benzene rings is 1. The first-order chi connectivity index (χ1) is 15.4. The van der Waals surface area contributed by atoms with Gasteiger partial charge in [-0.15, -0.1) is 11.3 Å². The number of amides is 2. The third-order valence-corrected chi connectivity index (χ3v) is 7.39. The molecule has 1 aliphatic heterocycles. The van der Waals surface area contributed by atoms with Crippen LogP contribution in [0, 0.1) is 5.92 Å². The molecule has 32 heavy (non-hydrogen) atoms. The summed E-state index contributed by atoms with van der Waals surface area (Å²) in [6, 6.07) is 11.1. The summed E-state index contributed by atoms with van der Waals surface area (Å²) in [4.78, 5) is 16.8. The number of nitrogens with one attached hydrogen (secondary N) is 2. The number of carbonyl (C=O) groups excluding carboxylic acids is 1. The molecule has 7 heteroatoms. The fourth-order valence-corrected chi connectivity index (χ4v) is 5.79. The number of halogens is 1. The molecule has 4 rings (SSSR count). The summed E-state index contributed by atoms with van der Waals surface area (Å²) in [5.74, 6) is 0.564. The predicted octanol–water partition coefficient (Wildman–Crippen LogP) is 6.48. The highest BCUT2D eigenvalue weighted by Crippen LogP contribution is 2.40. The summed E-state index contributed by atoms with van der Waals surface area (Å²) in [7, 11) is 2.17. The van der Waals surface area contributed by atoms with Crippen LogP contribution in [0.5, 0.6) is 0 Å². The van der Waals surface area contributed by atoms with E-state index in [-0.39, 0.29) is 12.1 Å². The van der Waals surface area contributed by atoms with Gasteiger partial charge in [0.15, 0.2) is 0 Å². The third kappa shape index (κ3) is 5.37. The van der Waals surface area contributed by atoms with Crippen LogP contribution in [-0.2, 0) is 13.0 Å². The normalized spacial score (nSPS) is 14.9. The first-order valence-corrected chi connectivity index (χ1v) is 12.4. The standard InChI is InChI=1S/C25H31ClN4OS/c1-17(2)6-11-21(28-25(31)27-19-9-7-18(26)8-10-19)23-20-12-15-29(3)16-22(20)32-24(23)30-13-4-5-14-30/h4-5,7-10,13-14,17,21H,6,11-12,15-16H2,1-3H3,(H2,27,28,31)/t21-/m0/s1. The molecule has 3 aromatic rings. The number of hydrogen-bond acceptors (Lipinski definition) is 3. The average Bonchev–Trinajstić information content (AvgIpc) is 3.40. The van der Waals surface area contributed by atoms with E-state index in [0.29, 0.717) is 10.9 Å². The van der Waals surface area contributed by atoms with Crippen LogP contribution in [0.2, 0.25) is 5.02 Å². The number of fused-ring (bicyclic) bond motifs is 1. The molecule has 2 amide bonds. The highest BCUT2D eigenvalue weighted by atomic mass is 35.5. The Bertz CT molecular complexity index is 1040. The summed E-state index contributed by atoms with van der Waals surface area (Å²) < 4.78 is 2.19. The van der Waals surface area contributed by atoms with E-state index >= 15 is 0 Å². The number of nitrogens with zero attached hydrogens (tertiary/aromatic N) is 2. The maximum atomic E-state index is 13.0. The molecule has 1 atom stereocenters. The number of rotatable bonds is 7. The summed E-state index contributed by atoms with van der Waals surface area (Å²) in [5, 5.41) is 8.14. The number of thiophene rings is 1. The highest BCUT2D eigenvalue weighted by molar-refractivity contribution is 7.15. The maximum Gasteiger partial charge on any atom is 0.319 e. The van der Waals surface area contributed by atoms with Gasteiger partial charge in [-0.05, 0) is 74.2 Å². The van der Waals surface area contributed by atoms with Crippen molar-refractivity contribution in [2.24, 2.45) is 5.92 Å². The fourth-order valence-electron chi connectivity index (χ4n) is 4.21. The van der Waals surface area contributed by atoms with Crippen molar-refractivity contribution in [1.82, 2.24) is 14.8 Å². The van der Waals surface area contributed by atoms with Crippen LogP contribution in [0.4, 0.5) is 10.5 Å². The van der Waals surface area contributed by atoms with Gasteiger partial charge in [0.2, 0.25) is 0 Å². The van der Waals surface area contributed by atoms with Crippen LogP contribution >= 0.6 is 22.9 Å². The smallest absolute Gasteiger partial charge is 0.319 e. The molecule has 0 radical (unpaired) electrons. The zero-order valence-electron chi connectivity index (χ0n) is 18.9. The molecular formula is C25H31ClN4OS. The largest absolute Gasteiger partial charge is 0.331 e. The number of urea groups is 1. The molecule has 2 aromatic heterocycles. The summed E-state index contributed by atoms with van der Waals surface area (Å²) in [6.07, 6.45) is 7.15. The van der Waals surface area contributed by atoms with E-state index in [1.807, 2.05) is 23.5 Å². The monoisotopic (exact) mass is 470 g/mol. The van der Waals surface area contributed by atoms with Gasteiger partial charge < -0.3 is 20.1 Å². The molecule has 0 saturated carbocycles. The average molecular weight is 471 g/mol. The van der Waals surface area contributed by atoms with E-state index < -0.39 is 0 Å². The second-order valence-electron chi connectivity index (χ2n) is 8.93. The van der Waals surface area contributed by atoms with Crippen molar-refractivity contribution < 1.29 is 4.79 Å². The van der Waals surface area contributed by atoms with Gasteiger partial charge in [0.05, 0.1) is 6.04 Å². The van der Waals surface area contributed by atoms with Gasteiger partial charge in [-0.25, -0.2) is 4.79 Å². The van der Waals surface area contributed by atoms with Crippen LogP contribution < -0.4 is 10.6 Å². The second kappa shape index (κ2) is 10.1. The Hall–Kier alpha value is -2.28. The van der Waals surface area contributed by atoms with Gasteiger partial charge in [-0.2, -0.15) is 0 Å². The van der Waals surface area contributed by atoms with Crippen molar-refractivity contribution in [1.29, 1.82) is 0 Å². The Morgan fingerprint density at radius 2 is 1.88 bits per heavy atom. The van der Waals surface area contributed by atoms with Gasteiger partial charge in [-0.3, -0.25) is 0 Å². The zero-order chi connectivity index (χ0) is 22.7. The number of carbonyl (C=O) groups is 1. The third-order valence-electron chi connectivity index (χ3n) is 5.90. The van der Waals surface area contributed by atoms with E-state index in [1.54, 1.807) is 12.1 Å². The van der Waals surface area contributed by atoms with Crippen molar-refractivity contribution >= 4 is 34.7 Å². The minimum Gasteiger partial charge on any atom is -0.331 e. The molecule has 0 aliphatic carbocycles. The Morgan fingerprint density at radius 1 is 1.16 bits per heavy atom. The Balaban J connectivity index is 1.66. The van der Waals surface area contributed by atoms with Crippen molar-refractivity contribution in [3.8, 4) is 5.00 Å². The van der Waals surface area contributed by atoms with Crippen molar-refractivity contribution in [2.75, 3.05) is 18.9 Å². The predicted molar refractivity (Wildman–Crippen MR) is 134 cm³/mol. The van der Waals surface area contributed by atoms with Gasteiger partial charge in [0.1, 0.15) is 5.00 Å². The summed E-state index contributed by atoms with van der Waals surface area (Å²) in [5.41, 5.74) is 3.42. The lowest BCUT2D eigenvalue weighted by Gasteiger charge is -2.26. The minimum absolute atomic E-state index is 0.0505. The molecule has 2 N–H and O–H groups in total. The molecular weight excluding hydrogens is 440 g/mol. The second-order valence-corrected chi connectivity index (χ2v) is 10.4. The SMILES string of the molecule is CC(C)CC[C@H](NC(=O)Nc1ccc(Cl)cc1)c1c(-n2cccc2)sc2c1CCN(C)C2. The fraction of sp³-hybridized carbons (Fsp3) is 0.400. The number of anilines is 1. The minimum atomic E-state index is -0.188. The van der Waals surface area contributed by atoms with E-state index in [9.17, 15) is 4.79 Å². The van der Waals surface area contributed by atoms with Crippen LogP contribution in [0.1, 0.15) is 48.7 Å². The zero-order valence-corrected chi connectivity index (χ0v) is 20.5.